The van der Waals surface area contributed by atoms with Gasteiger partial charge in [0.25, 0.3) is 0 Å². The van der Waals surface area contributed by atoms with Crippen molar-refractivity contribution in [2.45, 2.75) is 30.6 Å². The van der Waals surface area contributed by atoms with Gasteiger partial charge in [-0.05, 0) is 23.5 Å². The highest BCUT2D eigenvalue weighted by Crippen LogP contribution is 2.19. The fourth-order valence-electron chi connectivity index (χ4n) is 1.17. The van der Waals surface area contributed by atoms with Crippen LogP contribution in [0.2, 0.25) is 0 Å². The number of rotatable bonds is 3. The minimum Gasteiger partial charge on any atom is -0.0812 e. The van der Waals surface area contributed by atoms with E-state index >= 15 is 0 Å². The van der Waals surface area contributed by atoms with Crippen LogP contribution < -0.4 is 0 Å². The number of halogens is 1. The van der Waals surface area contributed by atoms with Gasteiger partial charge in [-0.15, -0.1) is 0 Å². The number of hydrogen-bond donors (Lipinski definition) is 0. The van der Waals surface area contributed by atoms with Crippen LogP contribution in [0, 0.1) is 0 Å². The van der Waals surface area contributed by atoms with Crippen molar-refractivity contribution in [1.82, 2.24) is 0 Å². The van der Waals surface area contributed by atoms with Crippen molar-refractivity contribution < 1.29 is 0 Å². The maximum Gasteiger partial charge on any atom is 0.0247 e. The molecule has 0 aromatic heterocycles. The lowest BCUT2D eigenvalue weighted by molar-refractivity contribution is 0.733. The average molecular weight is 274 g/mol. The Hall–Kier alpha value is -0.0500. The molecule has 0 heterocycles. The predicted molar refractivity (Wildman–Crippen MR) is 62.9 cm³/mol. The standard InChI is InChI=1S/C11H15I/c1-3-9(2)11-6-4-10(8-12)5-7-11/h4-7,9H,3,8H2,1-2H3. The highest BCUT2D eigenvalue weighted by atomic mass is 127. The van der Waals surface area contributed by atoms with Crippen molar-refractivity contribution in [3.63, 3.8) is 0 Å². The first kappa shape index (κ1) is 10.0. The fourth-order valence-corrected chi connectivity index (χ4v) is 1.68. The van der Waals surface area contributed by atoms with Crippen LogP contribution in [0.5, 0.6) is 0 Å². The molecule has 0 spiro atoms. The summed E-state index contributed by atoms with van der Waals surface area (Å²) >= 11 is 2.39. The van der Waals surface area contributed by atoms with Crippen LogP contribution in [0.15, 0.2) is 24.3 Å². The van der Waals surface area contributed by atoms with E-state index in [2.05, 4.69) is 60.7 Å². The highest BCUT2D eigenvalue weighted by molar-refractivity contribution is 14.1. The maximum absolute atomic E-state index is 2.39. The molecule has 0 aliphatic heterocycles. The third kappa shape index (κ3) is 2.47. The molecule has 1 rings (SSSR count). The molecule has 1 aromatic carbocycles. The number of alkyl halides is 1. The largest absolute Gasteiger partial charge is 0.0812 e. The SMILES string of the molecule is CCC(C)c1ccc(CI)cc1. The van der Waals surface area contributed by atoms with Crippen molar-refractivity contribution in [3.05, 3.63) is 35.4 Å². The average Bonchev–Trinajstić information content (AvgIpc) is 2.17. The van der Waals surface area contributed by atoms with Crippen LogP contribution in [-0.4, -0.2) is 0 Å². The van der Waals surface area contributed by atoms with Crippen molar-refractivity contribution in [2.24, 2.45) is 0 Å². The summed E-state index contributed by atoms with van der Waals surface area (Å²) in [5, 5.41) is 0. The fraction of sp³-hybridized carbons (Fsp3) is 0.455. The van der Waals surface area contributed by atoms with Crippen LogP contribution in [0.4, 0.5) is 0 Å². The lowest BCUT2D eigenvalue weighted by Gasteiger charge is -2.08. The van der Waals surface area contributed by atoms with E-state index in [0.29, 0.717) is 5.92 Å². The zero-order valence-corrected chi connectivity index (χ0v) is 9.84. The first-order valence-electron chi connectivity index (χ1n) is 4.42. The van der Waals surface area contributed by atoms with Gasteiger partial charge in [0.15, 0.2) is 0 Å². The summed E-state index contributed by atoms with van der Waals surface area (Å²) in [5.41, 5.74) is 2.88. The predicted octanol–water partition coefficient (Wildman–Crippen LogP) is 4.14. The van der Waals surface area contributed by atoms with Crippen LogP contribution in [0.25, 0.3) is 0 Å². The van der Waals surface area contributed by atoms with Gasteiger partial charge in [0.2, 0.25) is 0 Å². The van der Waals surface area contributed by atoms with Gasteiger partial charge in [-0.2, -0.15) is 0 Å². The second-order valence-electron chi connectivity index (χ2n) is 3.18. The smallest absolute Gasteiger partial charge is 0.0247 e. The summed E-state index contributed by atoms with van der Waals surface area (Å²) in [4.78, 5) is 0. The Morgan fingerprint density at radius 2 is 1.83 bits per heavy atom. The summed E-state index contributed by atoms with van der Waals surface area (Å²) in [6.07, 6.45) is 1.23. The molecular weight excluding hydrogens is 259 g/mol. The molecule has 12 heavy (non-hydrogen) atoms. The molecule has 66 valence electrons. The first-order valence-corrected chi connectivity index (χ1v) is 5.95. The highest BCUT2D eigenvalue weighted by Gasteiger charge is 2.01. The Kier molecular flexibility index (Phi) is 4.06. The minimum atomic E-state index is 0.702. The lowest BCUT2D eigenvalue weighted by atomic mass is 9.98. The van der Waals surface area contributed by atoms with Crippen LogP contribution in [0.1, 0.15) is 37.3 Å². The van der Waals surface area contributed by atoms with E-state index < -0.39 is 0 Å². The monoisotopic (exact) mass is 274 g/mol. The van der Waals surface area contributed by atoms with Gasteiger partial charge in [-0.25, -0.2) is 0 Å². The molecule has 0 radical (unpaired) electrons. The zero-order chi connectivity index (χ0) is 8.97. The van der Waals surface area contributed by atoms with E-state index in [9.17, 15) is 0 Å². The van der Waals surface area contributed by atoms with E-state index in [1.807, 2.05) is 0 Å². The minimum absolute atomic E-state index is 0.702. The van der Waals surface area contributed by atoms with Crippen LogP contribution in [-0.2, 0) is 4.43 Å². The molecule has 1 atom stereocenters. The van der Waals surface area contributed by atoms with E-state index in [-0.39, 0.29) is 0 Å². The molecule has 0 nitrogen and oxygen atoms in total. The summed E-state index contributed by atoms with van der Waals surface area (Å²) in [5.74, 6) is 0.702. The third-order valence-corrected chi connectivity index (χ3v) is 3.20. The third-order valence-electron chi connectivity index (χ3n) is 2.32. The van der Waals surface area contributed by atoms with E-state index in [0.717, 1.165) is 4.43 Å². The Balaban J connectivity index is 2.77. The molecule has 0 aliphatic rings. The zero-order valence-electron chi connectivity index (χ0n) is 7.68. The summed E-state index contributed by atoms with van der Waals surface area (Å²) < 4.78 is 1.11. The molecule has 1 unspecified atom stereocenters. The lowest BCUT2D eigenvalue weighted by Crippen LogP contribution is -1.90. The molecule has 1 aromatic rings. The van der Waals surface area contributed by atoms with Gasteiger partial charge in [0.1, 0.15) is 0 Å². The molecular formula is C11H15I. The first-order chi connectivity index (χ1) is 5.77. The van der Waals surface area contributed by atoms with Gasteiger partial charge in [0, 0.05) is 4.43 Å². The Morgan fingerprint density at radius 1 is 1.25 bits per heavy atom. The van der Waals surface area contributed by atoms with Gasteiger partial charge in [0.05, 0.1) is 0 Å². The van der Waals surface area contributed by atoms with Gasteiger partial charge in [-0.3, -0.25) is 0 Å². The van der Waals surface area contributed by atoms with Crippen molar-refractivity contribution in [3.8, 4) is 0 Å². The Labute approximate surface area is 88.5 Å². The van der Waals surface area contributed by atoms with Crippen LogP contribution >= 0.6 is 22.6 Å². The summed E-state index contributed by atoms with van der Waals surface area (Å²) in [6.45, 7) is 4.51. The van der Waals surface area contributed by atoms with E-state index in [4.69, 9.17) is 0 Å². The molecule has 0 saturated carbocycles. The van der Waals surface area contributed by atoms with Gasteiger partial charge >= 0.3 is 0 Å². The van der Waals surface area contributed by atoms with E-state index in [1.165, 1.54) is 17.5 Å². The molecule has 0 aliphatic carbocycles. The van der Waals surface area contributed by atoms with Crippen molar-refractivity contribution >= 4 is 22.6 Å². The topological polar surface area (TPSA) is 0 Å². The number of benzene rings is 1. The maximum atomic E-state index is 2.39. The molecule has 0 bridgehead atoms. The second-order valence-corrected chi connectivity index (χ2v) is 3.95. The van der Waals surface area contributed by atoms with Crippen molar-refractivity contribution in [1.29, 1.82) is 0 Å². The summed E-state index contributed by atoms with van der Waals surface area (Å²) in [7, 11) is 0. The van der Waals surface area contributed by atoms with Gasteiger partial charge in [-0.1, -0.05) is 60.7 Å². The van der Waals surface area contributed by atoms with E-state index in [1.54, 1.807) is 0 Å². The molecule has 0 amide bonds. The normalized spacial score (nSPS) is 12.9. The second kappa shape index (κ2) is 4.85. The number of hydrogen-bond acceptors (Lipinski definition) is 0. The molecule has 0 saturated heterocycles. The summed E-state index contributed by atoms with van der Waals surface area (Å²) in [6, 6.07) is 8.96. The Morgan fingerprint density at radius 3 is 2.25 bits per heavy atom. The molecule has 1 heteroatoms. The van der Waals surface area contributed by atoms with Gasteiger partial charge < -0.3 is 0 Å². The van der Waals surface area contributed by atoms with Crippen molar-refractivity contribution in [2.75, 3.05) is 0 Å². The Bertz CT molecular complexity index is 225. The quantitative estimate of drug-likeness (QED) is 0.574. The van der Waals surface area contributed by atoms with Crippen LogP contribution in [0.3, 0.4) is 0 Å². The molecule has 0 fully saturated rings. The molecule has 0 N–H and O–H groups in total.